The maximum atomic E-state index is 12.4. The number of thiazole rings is 1. The number of aliphatic imine (C=N–C) groups is 1. The first kappa shape index (κ1) is 28.2. The summed E-state index contributed by atoms with van der Waals surface area (Å²) in [7, 11) is 1.31. The maximum absolute atomic E-state index is 12.4. The third kappa shape index (κ3) is 7.06. The number of benzene rings is 3. The van der Waals surface area contributed by atoms with Crippen molar-refractivity contribution in [1.82, 2.24) is 4.98 Å². The molecule has 0 radical (unpaired) electrons. The SMILES string of the molecule is COC(=O)c1ccc(NC(=O)CSc2nc3ccc(N=Cc4ccc(N5CCOCC5)c([N+](=O)[O-])c4)cc3s2)cc1. The summed E-state index contributed by atoms with van der Waals surface area (Å²) in [6.45, 7) is 2.31. The normalized spacial score (nSPS) is 13.4. The molecular weight excluding hydrogens is 566 g/mol. The van der Waals surface area contributed by atoms with Crippen molar-refractivity contribution in [2.24, 2.45) is 4.99 Å². The van der Waals surface area contributed by atoms with Gasteiger partial charge < -0.3 is 19.7 Å². The second-order valence-electron chi connectivity index (χ2n) is 8.90. The van der Waals surface area contributed by atoms with Crippen molar-refractivity contribution in [2.45, 2.75) is 4.34 Å². The summed E-state index contributed by atoms with van der Waals surface area (Å²) < 4.78 is 11.7. The summed E-state index contributed by atoms with van der Waals surface area (Å²) in [4.78, 5) is 46.4. The fourth-order valence-electron chi connectivity index (χ4n) is 4.15. The summed E-state index contributed by atoms with van der Waals surface area (Å²) >= 11 is 2.78. The number of aromatic nitrogens is 1. The predicted molar refractivity (Wildman–Crippen MR) is 160 cm³/mol. The molecule has 4 aromatic rings. The number of fused-ring (bicyclic) bond motifs is 1. The molecule has 1 aromatic heterocycles. The van der Waals surface area contributed by atoms with Crippen LogP contribution in [0, 0.1) is 10.1 Å². The lowest BCUT2D eigenvalue weighted by Gasteiger charge is -2.28. The van der Waals surface area contributed by atoms with Gasteiger partial charge in [0, 0.05) is 31.1 Å². The van der Waals surface area contributed by atoms with Crippen LogP contribution in [-0.4, -0.2) is 67.2 Å². The fraction of sp³-hybridized carbons (Fsp3) is 0.214. The van der Waals surface area contributed by atoms with Crippen LogP contribution >= 0.6 is 23.1 Å². The van der Waals surface area contributed by atoms with Gasteiger partial charge in [-0.05, 0) is 54.1 Å². The minimum absolute atomic E-state index is 0.0395. The molecule has 0 atom stereocenters. The van der Waals surface area contributed by atoms with Gasteiger partial charge in [0.2, 0.25) is 5.91 Å². The lowest BCUT2D eigenvalue weighted by atomic mass is 10.1. The number of methoxy groups -OCH3 is 1. The molecule has 0 saturated carbocycles. The quantitative estimate of drug-likeness (QED) is 0.0903. The molecule has 0 unspecified atom stereocenters. The summed E-state index contributed by atoms with van der Waals surface area (Å²) in [6, 6.07) is 17.2. The van der Waals surface area contributed by atoms with Gasteiger partial charge in [0.05, 0.1) is 52.5 Å². The molecule has 13 heteroatoms. The number of rotatable bonds is 9. The number of ether oxygens (including phenoxy) is 2. The number of nitrogens with one attached hydrogen (secondary N) is 1. The predicted octanol–water partition coefficient (Wildman–Crippen LogP) is 5.31. The Labute approximate surface area is 243 Å². The van der Waals surface area contributed by atoms with E-state index in [1.165, 1.54) is 36.3 Å². The van der Waals surface area contributed by atoms with E-state index >= 15 is 0 Å². The molecule has 41 heavy (non-hydrogen) atoms. The van der Waals surface area contributed by atoms with Crippen LogP contribution in [0.4, 0.5) is 22.7 Å². The summed E-state index contributed by atoms with van der Waals surface area (Å²) in [5.41, 5.74) is 3.71. The van der Waals surface area contributed by atoms with Crippen LogP contribution in [0.25, 0.3) is 10.2 Å². The topological polar surface area (TPSA) is 136 Å². The highest BCUT2D eigenvalue weighted by Crippen LogP contribution is 2.33. The van der Waals surface area contributed by atoms with Gasteiger partial charge in [-0.3, -0.25) is 19.9 Å². The Kier molecular flexibility index (Phi) is 8.87. The van der Waals surface area contributed by atoms with Crippen LogP contribution in [0.3, 0.4) is 0 Å². The lowest BCUT2D eigenvalue weighted by Crippen LogP contribution is -2.36. The first-order chi connectivity index (χ1) is 19.9. The van der Waals surface area contributed by atoms with Crippen LogP contribution in [0.1, 0.15) is 15.9 Å². The van der Waals surface area contributed by atoms with E-state index in [9.17, 15) is 19.7 Å². The van der Waals surface area contributed by atoms with Crippen LogP contribution in [0.15, 0.2) is 70.0 Å². The van der Waals surface area contributed by atoms with Gasteiger partial charge in [0.15, 0.2) is 4.34 Å². The highest BCUT2D eigenvalue weighted by atomic mass is 32.2. The molecule has 210 valence electrons. The van der Waals surface area contributed by atoms with Crippen LogP contribution in [-0.2, 0) is 14.3 Å². The van der Waals surface area contributed by atoms with Crippen molar-refractivity contribution in [3.05, 3.63) is 81.9 Å². The van der Waals surface area contributed by atoms with Crippen molar-refractivity contribution < 1.29 is 24.0 Å². The van der Waals surface area contributed by atoms with Crippen LogP contribution < -0.4 is 10.2 Å². The number of nitro benzene ring substituents is 1. The molecule has 1 aliphatic heterocycles. The van der Waals surface area contributed by atoms with Crippen molar-refractivity contribution in [1.29, 1.82) is 0 Å². The second-order valence-corrected chi connectivity index (χ2v) is 11.2. The largest absolute Gasteiger partial charge is 0.465 e. The van der Waals surface area contributed by atoms with E-state index in [0.29, 0.717) is 54.5 Å². The Morgan fingerprint density at radius 2 is 1.95 bits per heavy atom. The van der Waals surface area contributed by atoms with E-state index in [0.717, 1.165) is 14.6 Å². The minimum Gasteiger partial charge on any atom is -0.465 e. The molecule has 5 rings (SSSR count). The van der Waals surface area contributed by atoms with Gasteiger partial charge in [-0.25, -0.2) is 9.78 Å². The first-order valence-corrected chi connectivity index (χ1v) is 14.4. The molecule has 0 spiro atoms. The average molecular weight is 592 g/mol. The van der Waals surface area contributed by atoms with Crippen molar-refractivity contribution in [3.63, 3.8) is 0 Å². The Morgan fingerprint density at radius 3 is 2.68 bits per heavy atom. The van der Waals surface area contributed by atoms with Crippen molar-refractivity contribution in [3.8, 4) is 0 Å². The number of carbonyl (C=O) groups is 2. The molecule has 0 bridgehead atoms. The van der Waals surface area contributed by atoms with Crippen molar-refractivity contribution in [2.75, 3.05) is 49.4 Å². The smallest absolute Gasteiger partial charge is 0.337 e. The standard InChI is InChI=1S/C28H25N5O6S2/c1-38-27(35)19-3-5-20(6-4-19)30-26(34)17-40-28-31-22-8-7-21(15-25(22)41-28)29-16-18-2-9-23(24(14-18)33(36)37)32-10-12-39-13-11-32/h2-9,14-16H,10-13,17H2,1H3,(H,30,34). The van der Waals surface area contributed by atoms with Gasteiger partial charge >= 0.3 is 5.97 Å². The number of amides is 1. The van der Waals surface area contributed by atoms with E-state index < -0.39 is 5.97 Å². The molecule has 1 N–H and O–H groups in total. The average Bonchev–Trinajstić information content (AvgIpc) is 3.41. The molecule has 3 aromatic carbocycles. The van der Waals surface area contributed by atoms with Crippen LogP contribution in [0.5, 0.6) is 0 Å². The van der Waals surface area contributed by atoms with Gasteiger partial charge in [0.1, 0.15) is 5.69 Å². The third-order valence-electron chi connectivity index (χ3n) is 6.18. The zero-order chi connectivity index (χ0) is 28.8. The molecule has 11 nitrogen and oxygen atoms in total. The minimum atomic E-state index is -0.440. The van der Waals surface area contributed by atoms with E-state index in [2.05, 4.69) is 20.0 Å². The van der Waals surface area contributed by atoms with Gasteiger partial charge in [-0.15, -0.1) is 11.3 Å². The number of hydrogen-bond acceptors (Lipinski definition) is 11. The number of thioether (sulfide) groups is 1. The summed E-state index contributed by atoms with van der Waals surface area (Å²) in [5, 5.41) is 14.5. The van der Waals surface area contributed by atoms with Gasteiger partial charge in [0.25, 0.3) is 5.69 Å². The molecule has 1 fully saturated rings. The zero-order valence-corrected chi connectivity index (χ0v) is 23.6. The van der Waals surface area contributed by atoms with Crippen LogP contribution in [0.2, 0.25) is 0 Å². The molecular formula is C28H25N5O6S2. The number of nitrogens with zero attached hydrogens (tertiary/aromatic N) is 4. The lowest BCUT2D eigenvalue weighted by molar-refractivity contribution is -0.384. The number of anilines is 2. The number of carbonyl (C=O) groups excluding carboxylic acids is 2. The van der Waals surface area contributed by atoms with Crippen molar-refractivity contribution >= 4 is 74.2 Å². The fourth-order valence-corrected chi connectivity index (χ4v) is 6.06. The van der Waals surface area contributed by atoms with E-state index in [1.807, 2.05) is 29.2 Å². The van der Waals surface area contributed by atoms with E-state index in [-0.39, 0.29) is 22.3 Å². The Bertz CT molecular complexity index is 1620. The Hall–Kier alpha value is -4.33. The molecule has 1 amide bonds. The number of esters is 1. The molecule has 2 heterocycles. The first-order valence-electron chi connectivity index (χ1n) is 12.6. The Balaban J connectivity index is 1.21. The maximum Gasteiger partial charge on any atom is 0.337 e. The number of hydrogen-bond donors (Lipinski definition) is 1. The van der Waals surface area contributed by atoms with Gasteiger partial charge in [-0.1, -0.05) is 17.8 Å². The zero-order valence-electron chi connectivity index (χ0n) is 21.9. The summed E-state index contributed by atoms with van der Waals surface area (Å²) in [5.74, 6) is -0.465. The monoisotopic (exact) mass is 591 g/mol. The Morgan fingerprint density at radius 1 is 1.17 bits per heavy atom. The molecule has 1 aliphatic rings. The highest BCUT2D eigenvalue weighted by Gasteiger charge is 2.21. The van der Waals surface area contributed by atoms with E-state index in [4.69, 9.17) is 4.74 Å². The number of morpholine rings is 1. The second kappa shape index (κ2) is 12.9. The molecule has 0 aliphatic carbocycles. The van der Waals surface area contributed by atoms with E-state index in [1.54, 1.807) is 36.5 Å². The highest BCUT2D eigenvalue weighted by molar-refractivity contribution is 8.01. The molecule has 1 saturated heterocycles. The third-order valence-corrected chi connectivity index (χ3v) is 8.34. The number of nitro groups is 1. The van der Waals surface area contributed by atoms with Gasteiger partial charge in [-0.2, -0.15) is 0 Å². The summed E-state index contributed by atoms with van der Waals surface area (Å²) in [6.07, 6.45) is 1.61.